The van der Waals surface area contributed by atoms with Crippen LogP contribution in [0.2, 0.25) is 5.02 Å². The van der Waals surface area contributed by atoms with E-state index >= 15 is 0 Å². The van der Waals surface area contributed by atoms with Gasteiger partial charge in [-0.3, -0.25) is 10.0 Å². The molecule has 2 fully saturated rings. The molecule has 24 heavy (non-hydrogen) atoms. The Hall–Kier alpha value is -1.63. The number of hydrogen-bond donors (Lipinski definition) is 4. The number of nitrogens with one attached hydrogen (secondary N) is 3. The zero-order chi connectivity index (χ0) is 17.0. The van der Waals surface area contributed by atoms with Gasteiger partial charge in [0.25, 0.3) is 5.91 Å². The highest BCUT2D eigenvalue weighted by Crippen LogP contribution is 2.40. The van der Waals surface area contributed by atoms with Gasteiger partial charge in [0.2, 0.25) is 0 Å². The van der Waals surface area contributed by atoms with E-state index in [0.717, 1.165) is 38.3 Å². The lowest BCUT2D eigenvalue weighted by molar-refractivity contribution is -0.124. The second-order valence-corrected chi connectivity index (χ2v) is 7.15. The smallest absolute Gasteiger partial charge is 0.267 e. The largest absolute Gasteiger partial charge is 0.362 e. The number of pyridine rings is 1. The van der Waals surface area contributed by atoms with Crippen molar-refractivity contribution in [2.75, 3.05) is 18.4 Å². The summed E-state index contributed by atoms with van der Waals surface area (Å²) in [7, 11) is 0. The first-order valence-electron chi connectivity index (χ1n) is 8.37. The number of hydrogen-bond acceptors (Lipinski definition) is 5. The quantitative estimate of drug-likeness (QED) is 0.360. The predicted molar refractivity (Wildman–Crippen MR) is 94.0 cm³/mol. The van der Waals surface area contributed by atoms with Crippen molar-refractivity contribution in [3.8, 4) is 0 Å². The van der Waals surface area contributed by atoms with Crippen LogP contribution in [-0.2, 0) is 4.79 Å². The van der Waals surface area contributed by atoms with Crippen molar-refractivity contribution in [2.24, 2.45) is 5.92 Å². The SMILES string of the molecule is O=C(/C=C/c1cnc(N[C@@]2(CC3CC3)CCCNC2)c(Cl)c1)NO. The molecule has 130 valence electrons. The van der Waals surface area contributed by atoms with Gasteiger partial charge in [0.15, 0.2) is 0 Å². The van der Waals surface area contributed by atoms with Gasteiger partial charge in [-0.15, -0.1) is 0 Å². The second-order valence-electron chi connectivity index (χ2n) is 6.74. The monoisotopic (exact) mass is 350 g/mol. The molecule has 2 heterocycles. The average molecular weight is 351 g/mol. The van der Waals surface area contributed by atoms with Gasteiger partial charge < -0.3 is 10.6 Å². The maximum atomic E-state index is 11.0. The van der Waals surface area contributed by atoms with Gasteiger partial charge in [-0.2, -0.15) is 0 Å². The average Bonchev–Trinajstić information content (AvgIpc) is 3.39. The van der Waals surface area contributed by atoms with Crippen molar-refractivity contribution in [1.29, 1.82) is 0 Å². The standard InChI is InChI=1S/C17H23ClN4O2/c18-14-8-13(4-5-15(23)22-24)10-20-16(14)21-17(9-12-2-3-12)6-1-7-19-11-17/h4-5,8,10,12,19,24H,1-3,6-7,9,11H2,(H,20,21)(H,22,23)/b5-4+/t17-/m1/s1. The summed E-state index contributed by atoms with van der Waals surface area (Å²) in [4.78, 5) is 15.5. The molecule has 1 aromatic rings. The van der Waals surface area contributed by atoms with Crippen molar-refractivity contribution in [1.82, 2.24) is 15.8 Å². The minimum Gasteiger partial charge on any atom is -0.362 e. The highest BCUT2D eigenvalue weighted by molar-refractivity contribution is 6.33. The normalized spacial score (nSPS) is 24.1. The van der Waals surface area contributed by atoms with E-state index in [1.807, 2.05) is 0 Å². The molecule has 2 aliphatic rings. The topological polar surface area (TPSA) is 86.3 Å². The molecule has 0 bridgehead atoms. The van der Waals surface area contributed by atoms with Crippen molar-refractivity contribution in [2.45, 2.75) is 37.6 Å². The Labute approximate surface area is 146 Å². The minimum atomic E-state index is -0.593. The van der Waals surface area contributed by atoms with Crippen LogP contribution in [0.15, 0.2) is 18.3 Å². The molecule has 1 saturated carbocycles. The molecule has 7 heteroatoms. The molecule has 4 N–H and O–H groups in total. The minimum absolute atomic E-state index is 0.0180. The van der Waals surface area contributed by atoms with Gasteiger partial charge in [0.05, 0.1) is 10.6 Å². The fraction of sp³-hybridized carbons (Fsp3) is 0.529. The molecular weight excluding hydrogens is 328 g/mol. The van der Waals surface area contributed by atoms with E-state index in [-0.39, 0.29) is 5.54 Å². The van der Waals surface area contributed by atoms with E-state index in [4.69, 9.17) is 16.8 Å². The first-order chi connectivity index (χ1) is 11.6. The highest BCUT2D eigenvalue weighted by atomic mass is 35.5. The number of nitrogens with zero attached hydrogens (tertiary/aromatic N) is 1. The maximum absolute atomic E-state index is 11.0. The van der Waals surface area contributed by atoms with Gasteiger partial charge in [-0.25, -0.2) is 10.5 Å². The van der Waals surface area contributed by atoms with E-state index in [9.17, 15) is 4.79 Å². The predicted octanol–water partition coefficient (Wildman–Crippen LogP) is 2.59. The first kappa shape index (κ1) is 17.2. The van der Waals surface area contributed by atoms with E-state index in [1.165, 1.54) is 18.9 Å². The third-order valence-corrected chi connectivity index (χ3v) is 4.92. The summed E-state index contributed by atoms with van der Waals surface area (Å²) in [5.41, 5.74) is 2.27. The number of amides is 1. The number of rotatable bonds is 6. The Balaban J connectivity index is 1.73. The van der Waals surface area contributed by atoms with Crippen molar-refractivity contribution < 1.29 is 10.0 Å². The van der Waals surface area contributed by atoms with Crippen molar-refractivity contribution in [3.05, 3.63) is 28.9 Å². The van der Waals surface area contributed by atoms with E-state index in [1.54, 1.807) is 23.8 Å². The van der Waals surface area contributed by atoms with Crippen LogP contribution in [0.25, 0.3) is 6.08 Å². The van der Waals surface area contributed by atoms with E-state index in [0.29, 0.717) is 16.4 Å². The van der Waals surface area contributed by atoms with Crippen LogP contribution < -0.4 is 16.1 Å². The zero-order valence-corrected chi connectivity index (χ0v) is 14.3. The van der Waals surface area contributed by atoms with Crippen LogP contribution in [0, 0.1) is 5.92 Å². The van der Waals surface area contributed by atoms with Crippen molar-refractivity contribution >= 4 is 29.4 Å². The first-order valence-corrected chi connectivity index (χ1v) is 8.75. The van der Waals surface area contributed by atoms with Gasteiger partial charge in [0, 0.05) is 18.8 Å². The van der Waals surface area contributed by atoms with Crippen LogP contribution in [0.3, 0.4) is 0 Å². The van der Waals surface area contributed by atoms with Crippen LogP contribution >= 0.6 is 11.6 Å². The van der Waals surface area contributed by atoms with Gasteiger partial charge in [-0.1, -0.05) is 24.4 Å². The Morgan fingerprint density at radius 1 is 1.54 bits per heavy atom. The lowest BCUT2D eigenvalue weighted by atomic mass is 9.85. The molecule has 1 atom stereocenters. The number of carbonyl (C=O) groups is 1. The number of anilines is 1. The number of hydroxylamine groups is 1. The maximum Gasteiger partial charge on any atom is 0.267 e. The summed E-state index contributed by atoms with van der Waals surface area (Å²) in [5, 5.41) is 16.1. The molecule has 1 aliphatic heterocycles. The number of carbonyl (C=O) groups excluding carboxylic acids is 1. The van der Waals surface area contributed by atoms with E-state index in [2.05, 4.69) is 15.6 Å². The van der Waals surface area contributed by atoms with Gasteiger partial charge >= 0.3 is 0 Å². The Bertz CT molecular complexity index is 625. The molecule has 0 spiro atoms. The fourth-order valence-electron chi connectivity index (χ4n) is 3.27. The second kappa shape index (κ2) is 7.51. The Morgan fingerprint density at radius 2 is 2.38 bits per heavy atom. The summed E-state index contributed by atoms with van der Waals surface area (Å²) in [5.74, 6) is 0.908. The van der Waals surface area contributed by atoms with Crippen LogP contribution in [-0.4, -0.2) is 34.7 Å². The zero-order valence-electron chi connectivity index (χ0n) is 13.5. The molecule has 0 aromatic carbocycles. The van der Waals surface area contributed by atoms with Crippen LogP contribution in [0.5, 0.6) is 0 Å². The Kier molecular flexibility index (Phi) is 5.38. The highest BCUT2D eigenvalue weighted by Gasteiger charge is 2.38. The fourth-order valence-corrected chi connectivity index (χ4v) is 3.49. The summed E-state index contributed by atoms with van der Waals surface area (Å²) in [6.07, 6.45) is 10.5. The number of aromatic nitrogens is 1. The van der Waals surface area contributed by atoms with Crippen molar-refractivity contribution in [3.63, 3.8) is 0 Å². The molecule has 1 amide bonds. The molecular formula is C17H23ClN4O2. The summed E-state index contributed by atoms with van der Waals surface area (Å²) in [6, 6.07) is 1.76. The molecule has 1 aromatic heterocycles. The molecule has 1 aliphatic carbocycles. The summed E-state index contributed by atoms with van der Waals surface area (Å²) >= 11 is 6.38. The van der Waals surface area contributed by atoms with E-state index < -0.39 is 5.91 Å². The van der Waals surface area contributed by atoms with Crippen LogP contribution in [0.1, 0.15) is 37.7 Å². The summed E-state index contributed by atoms with van der Waals surface area (Å²) < 4.78 is 0. The van der Waals surface area contributed by atoms with Gasteiger partial charge in [-0.05, 0) is 49.4 Å². The lowest BCUT2D eigenvalue weighted by Gasteiger charge is -2.39. The molecule has 0 radical (unpaired) electrons. The lowest BCUT2D eigenvalue weighted by Crippen LogP contribution is -2.51. The molecule has 6 nitrogen and oxygen atoms in total. The summed E-state index contributed by atoms with van der Waals surface area (Å²) in [6.45, 7) is 1.99. The molecule has 3 rings (SSSR count). The Morgan fingerprint density at radius 3 is 3.00 bits per heavy atom. The number of halogens is 1. The molecule has 1 saturated heterocycles. The molecule has 0 unspecified atom stereocenters. The van der Waals surface area contributed by atoms with Crippen LogP contribution in [0.4, 0.5) is 5.82 Å². The van der Waals surface area contributed by atoms with Gasteiger partial charge in [0.1, 0.15) is 5.82 Å². The third-order valence-electron chi connectivity index (χ3n) is 4.63. The third kappa shape index (κ3) is 4.47. The number of piperidine rings is 1.